The first kappa shape index (κ1) is 22.6. The molecule has 2 rings (SSSR count). The van der Waals surface area contributed by atoms with Crippen LogP contribution in [-0.4, -0.2) is 49.5 Å². The maximum absolute atomic E-state index is 12.4. The third-order valence-corrected chi connectivity index (χ3v) is 5.39. The Morgan fingerprint density at radius 1 is 1.00 bits per heavy atom. The van der Waals surface area contributed by atoms with Crippen LogP contribution in [0.25, 0.3) is 0 Å². The molecule has 0 saturated heterocycles. The largest absolute Gasteiger partial charge is 0.493 e. The number of methoxy groups -OCH3 is 2. The van der Waals surface area contributed by atoms with Crippen LogP contribution in [-0.2, 0) is 16.1 Å². The lowest BCUT2D eigenvalue weighted by atomic mass is 10.1. The average Bonchev–Trinajstić information content (AvgIpc) is 2.70. The Bertz CT molecular complexity index is 853. The zero-order valence-electron chi connectivity index (χ0n) is 17.6. The van der Waals surface area contributed by atoms with E-state index in [2.05, 4.69) is 5.32 Å². The lowest BCUT2D eigenvalue weighted by Crippen LogP contribution is -2.28. The van der Waals surface area contributed by atoms with Gasteiger partial charge in [-0.3, -0.25) is 9.59 Å². The van der Waals surface area contributed by atoms with Crippen LogP contribution in [0.15, 0.2) is 36.4 Å². The fraction of sp³-hybridized carbons (Fsp3) is 0.364. The van der Waals surface area contributed by atoms with Crippen LogP contribution in [0.2, 0.25) is 0 Å². The van der Waals surface area contributed by atoms with E-state index in [-0.39, 0.29) is 23.3 Å². The predicted octanol–water partition coefficient (Wildman–Crippen LogP) is 3.65. The zero-order valence-corrected chi connectivity index (χ0v) is 18.4. The highest BCUT2D eigenvalue weighted by atomic mass is 32.2. The summed E-state index contributed by atoms with van der Waals surface area (Å²) in [6.07, 6.45) is 0. The molecule has 0 heterocycles. The molecule has 0 saturated carbocycles. The van der Waals surface area contributed by atoms with Crippen LogP contribution in [0.4, 0.5) is 5.69 Å². The minimum Gasteiger partial charge on any atom is -0.493 e. The first-order chi connectivity index (χ1) is 13.8. The lowest BCUT2D eigenvalue weighted by molar-refractivity contribution is -0.127. The third-order valence-electron chi connectivity index (χ3n) is 4.47. The van der Waals surface area contributed by atoms with Gasteiger partial charge >= 0.3 is 0 Å². The Kier molecular flexibility index (Phi) is 8.39. The van der Waals surface area contributed by atoms with Gasteiger partial charge in [0, 0.05) is 19.3 Å². The molecule has 156 valence electrons. The molecule has 0 aliphatic rings. The van der Waals surface area contributed by atoms with E-state index in [1.165, 1.54) is 11.8 Å². The van der Waals surface area contributed by atoms with Crippen LogP contribution in [0.5, 0.6) is 11.5 Å². The number of hydrogen-bond acceptors (Lipinski definition) is 5. The van der Waals surface area contributed by atoms with Crippen LogP contribution in [0.3, 0.4) is 0 Å². The summed E-state index contributed by atoms with van der Waals surface area (Å²) in [6, 6.07) is 11.4. The van der Waals surface area contributed by atoms with Crippen molar-refractivity contribution in [3.63, 3.8) is 0 Å². The highest BCUT2D eigenvalue weighted by Gasteiger charge is 2.14. The molecule has 29 heavy (non-hydrogen) atoms. The smallest absolute Gasteiger partial charge is 0.234 e. The monoisotopic (exact) mass is 416 g/mol. The first-order valence-corrected chi connectivity index (χ1v) is 10.4. The molecule has 0 atom stereocenters. The maximum atomic E-state index is 12.4. The van der Waals surface area contributed by atoms with E-state index in [9.17, 15) is 9.59 Å². The Morgan fingerprint density at radius 3 is 2.24 bits per heavy atom. The fourth-order valence-electron chi connectivity index (χ4n) is 2.71. The van der Waals surface area contributed by atoms with E-state index in [1.54, 1.807) is 26.2 Å². The molecule has 0 aromatic heterocycles. The van der Waals surface area contributed by atoms with Crippen LogP contribution in [0, 0.1) is 13.8 Å². The van der Waals surface area contributed by atoms with Crippen molar-refractivity contribution in [2.75, 3.05) is 38.1 Å². The second kappa shape index (κ2) is 10.8. The van der Waals surface area contributed by atoms with Crippen molar-refractivity contribution in [3.8, 4) is 11.5 Å². The summed E-state index contributed by atoms with van der Waals surface area (Å²) in [7, 11) is 4.94. The quantitative estimate of drug-likeness (QED) is 0.676. The molecule has 0 spiro atoms. The number of ether oxygens (including phenoxy) is 2. The number of hydrogen-bond donors (Lipinski definition) is 1. The minimum absolute atomic E-state index is 0.0349. The van der Waals surface area contributed by atoms with Gasteiger partial charge in [-0.2, -0.15) is 0 Å². The summed E-state index contributed by atoms with van der Waals surface area (Å²) in [5.74, 6) is 1.61. The third kappa shape index (κ3) is 6.71. The van der Waals surface area contributed by atoms with Gasteiger partial charge in [-0.1, -0.05) is 17.7 Å². The maximum Gasteiger partial charge on any atom is 0.234 e. The normalized spacial score (nSPS) is 10.4. The topological polar surface area (TPSA) is 67.9 Å². The SMILES string of the molecule is COc1cc(C)c(CN(C)C(=O)CSCC(=O)Nc2ccc(C)cc2)cc1OC. The summed E-state index contributed by atoms with van der Waals surface area (Å²) >= 11 is 1.30. The molecule has 2 aromatic rings. The molecule has 1 N–H and O–H groups in total. The van der Waals surface area contributed by atoms with Gasteiger partial charge in [0.15, 0.2) is 11.5 Å². The van der Waals surface area contributed by atoms with Crippen molar-refractivity contribution in [2.24, 2.45) is 0 Å². The average molecular weight is 417 g/mol. The van der Waals surface area contributed by atoms with E-state index < -0.39 is 0 Å². The van der Waals surface area contributed by atoms with Gasteiger partial charge in [-0.15, -0.1) is 11.8 Å². The van der Waals surface area contributed by atoms with Crippen molar-refractivity contribution in [1.82, 2.24) is 4.90 Å². The van der Waals surface area contributed by atoms with E-state index in [4.69, 9.17) is 9.47 Å². The van der Waals surface area contributed by atoms with Crippen molar-refractivity contribution in [3.05, 3.63) is 53.1 Å². The van der Waals surface area contributed by atoms with E-state index in [0.717, 1.165) is 22.4 Å². The van der Waals surface area contributed by atoms with Crippen molar-refractivity contribution in [1.29, 1.82) is 0 Å². The Morgan fingerprint density at radius 2 is 1.62 bits per heavy atom. The van der Waals surface area contributed by atoms with Gasteiger partial charge in [0.25, 0.3) is 0 Å². The number of anilines is 1. The van der Waals surface area contributed by atoms with Crippen molar-refractivity contribution < 1.29 is 19.1 Å². The molecule has 7 heteroatoms. The number of carbonyl (C=O) groups is 2. The lowest BCUT2D eigenvalue weighted by Gasteiger charge is -2.20. The number of amides is 2. The number of carbonyl (C=O) groups excluding carboxylic acids is 2. The first-order valence-electron chi connectivity index (χ1n) is 9.23. The molecule has 6 nitrogen and oxygen atoms in total. The molecular weight excluding hydrogens is 388 g/mol. The van der Waals surface area contributed by atoms with Crippen molar-refractivity contribution >= 4 is 29.3 Å². The van der Waals surface area contributed by atoms with Gasteiger partial charge in [-0.25, -0.2) is 0 Å². The van der Waals surface area contributed by atoms with Crippen LogP contribution >= 0.6 is 11.8 Å². The minimum atomic E-state index is -0.120. The fourth-order valence-corrected chi connectivity index (χ4v) is 3.47. The summed E-state index contributed by atoms with van der Waals surface area (Å²) in [5, 5.41) is 2.83. The molecular formula is C22H28N2O4S. The highest BCUT2D eigenvalue weighted by molar-refractivity contribution is 8.00. The van der Waals surface area contributed by atoms with Gasteiger partial charge < -0.3 is 19.7 Å². The van der Waals surface area contributed by atoms with Gasteiger partial charge in [0.05, 0.1) is 25.7 Å². The molecule has 0 fully saturated rings. The van der Waals surface area contributed by atoms with E-state index >= 15 is 0 Å². The molecule has 2 aromatic carbocycles. The van der Waals surface area contributed by atoms with Crippen LogP contribution < -0.4 is 14.8 Å². The Hall–Kier alpha value is -2.67. The number of aryl methyl sites for hydroxylation is 2. The Labute approximate surface area is 176 Å². The van der Waals surface area contributed by atoms with Gasteiger partial charge in [-0.05, 0) is 49.2 Å². The summed E-state index contributed by atoms with van der Waals surface area (Å²) in [6.45, 7) is 4.42. The summed E-state index contributed by atoms with van der Waals surface area (Å²) in [4.78, 5) is 26.1. The predicted molar refractivity (Wildman–Crippen MR) is 118 cm³/mol. The van der Waals surface area contributed by atoms with Gasteiger partial charge in [0.1, 0.15) is 0 Å². The zero-order chi connectivity index (χ0) is 21.4. The van der Waals surface area contributed by atoms with E-state index in [1.807, 2.05) is 50.2 Å². The number of benzene rings is 2. The van der Waals surface area contributed by atoms with E-state index in [0.29, 0.717) is 18.0 Å². The van der Waals surface area contributed by atoms with Crippen LogP contribution in [0.1, 0.15) is 16.7 Å². The molecule has 0 unspecified atom stereocenters. The molecule has 0 aliphatic heterocycles. The summed E-state index contributed by atoms with van der Waals surface area (Å²) in [5.41, 5.74) is 3.90. The molecule has 2 amide bonds. The molecule has 0 bridgehead atoms. The Balaban J connectivity index is 1.83. The number of nitrogens with zero attached hydrogens (tertiary/aromatic N) is 1. The second-order valence-corrected chi connectivity index (χ2v) is 7.78. The molecule has 0 aliphatic carbocycles. The number of nitrogens with one attached hydrogen (secondary N) is 1. The highest BCUT2D eigenvalue weighted by Crippen LogP contribution is 2.30. The standard InChI is InChI=1S/C22H28N2O4S/c1-15-6-8-18(9-7-15)23-21(25)13-29-14-22(26)24(3)12-17-11-20(28-5)19(27-4)10-16(17)2/h6-11H,12-14H2,1-5H3,(H,23,25). The molecule has 0 radical (unpaired) electrons. The van der Waals surface area contributed by atoms with Crippen molar-refractivity contribution in [2.45, 2.75) is 20.4 Å². The second-order valence-electron chi connectivity index (χ2n) is 6.79. The number of rotatable bonds is 9. The van der Waals surface area contributed by atoms with Gasteiger partial charge in [0.2, 0.25) is 11.8 Å². The summed E-state index contributed by atoms with van der Waals surface area (Å²) < 4.78 is 10.6. The number of thioether (sulfide) groups is 1.